The topological polar surface area (TPSA) is 58.4 Å². The highest BCUT2D eigenvalue weighted by Gasteiger charge is 2.37. The molecule has 5 rings (SSSR count). The fraction of sp³-hybridized carbons (Fsp3) is 0.522. The molecule has 0 saturated carbocycles. The minimum Gasteiger partial charge on any atom is -0.336 e. The first-order chi connectivity index (χ1) is 14.6. The Morgan fingerprint density at radius 1 is 1.10 bits per heavy atom. The van der Waals surface area contributed by atoms with Crippen molar-refractivity contribution in [2.24, 2.45) is 5.92 Å². The quantitative estimate of drug-likeness (QED) is 0.756. The van der Waals surface area contributed by atoms with Gasteiger partial charge in [-0.05, 0) is 56.5 Å². The zero-order valence-electron chi connectivity index (χ0n) is 17.1. The molecule has 7 heteroatoms. The number of hydrogen-bond acceptors (Lipinski definition) is 4. The maximum atomic E-state index is 13.2. The van der Waals surface area contributed by atoms with Crippen LogP contribution in [0.25, 0.3) is 0 Å². The first-order valence-corrected chi connectivity index (χ1v) is 11.3. The summed E-state index contributed by atoms with van der Waals surface area (Å²) in [4.78, 5) is 34.7. The first kappa shape index (κ1) is 19.8. The van der Waals surface area contributed by atoms with E-state index in [1.54, 1.807) is 18.3 Å². The Hall–Kier alpha value is -2.18. The lowest BCUT2D eigenvalue weighted by Crippen LogP contribution is -2.49. The highest BCUT2D eigenvalue weighted by molar-refractivity contribution is 6.33. The minimum atomic E-state index is -0.118. The Labute approximate surface area is 181 Å². The SMILES string of the molecule is O=C(c1ncccc1Cl)N1C[C@@H]2C[C@H](C1)c1ccc(CN3CCCCC3)c(=O)n1C2. The molecular weight excluding hydrogens is 400 g/mol. The summed E-state index contributed by atoms with van der Waals surface area (Å²) in [7, 11) is 0. The Balaban J connectivity index is 1.38. The highest BCUT2D eigenvalue weighted by atomic mass is 35.5. The van der Waals surface area contributed by atoms with E-state index in [0.29, 0.717) is 30.4 Å². The van der Waals surface area contributed by atoms with E-state index >= 15 is 0 Å². The fourth-order valence-electron chi connectivity index (χ4n) is 5.33. The Kier molecular flexibility index (Phi) is 5.37. The number of halogens is 1. The molecule has 30 heavy (non-hydrogen) atoms. The molecule has 0 radical (unpaired) electrons. The second kappa shape index (κ2) is 8.16. The van der Waals surface area contributed by atoms with Crippen molar-refractivity contribution in [3.63, 3.8) is 0 Å². The molecule has 0 aromatic carbocycles. The average molecular weight is 427 g/mol. The van der Waals surface area contributed by atoms with Gasteiger partial charge in [-0.1, -0.05) is 24.1 Å². The molecule has 6 nitrogen and oxygen atoms in total. The highest BCUT2D eigenvalue weighted by Crippen LogP contribution is 2.36. The average Bonchev–Trinajstić information content (AvgIpc) is 2.76. The lowest BCUT2D eigenvalue weighted by atomic mass is 9.82. The van der Waals surface area contributed by atoms with Gasteiger partial charge in [0, 0.05) is 49.6 Å². The van der Waals surface area contributed by atoms with E-state index in [1.165, 1.54) is 19.3 Å². The monoisotopic (exact) mass is 426 g/mol. The van der Waals surface area contributed by atoms with Crippen molar-refractivity contribution in [2.75, 3.05) is 26.2 Å². The number of likely N-dealkylation sites (tertiary alicyclic amines) is 2. The lowest BCUT2D eigenvalue weighted by molar-refractivity contribution is 0.0588. The molecule has 0 spiro atoms. The Morgan fingerprint density at radius 2 is 1.93 bits per heavy atom. The van der Waals surface area contributed by atoms with Crippen molar-refractivity contribution in [3.05, 3.63) is 62.8 Å². The fourth-order valence-corrected chi connectivity index (χ4v) is 5.53. The van der Waals surface area contributed by atoms with Gasteiger partial charge in [-0.25, -0.2) is 4.98 Å². The van der Waals surface area contributed by atoms with Gasteiger partial charge in [0.2, 0.25) is 0 Å². The number of carbonyl (C=O) groups is 1. The molecule has 5 heterocycles. The van der Waals surface area contributed by atoms with E-state index in [9.17, 15) is 9.59 Å². The number of amides is 1. The van der Waals surface area contributed by atoms with Gasteiger partial charge in [-0.3, -0.25) is 14.5 Å². The standard InChI is InChI=1S/C23H27ClN4O2/c24-19-5-4-8-25-21(19)23(30)27-12-16-11-18(15-27)20-7-6-17(22(29)28(20)13-16)14-26-9-2-1-3-10-26/h4-8,16,18H,1-3,9-15H2/t16-,18+/m0/s1. The molecule has 2 bridgehead atoms. The third-order valence-corrected chi connectivity index (χ3v) is 7.08. The van der Waals surface area contributed by atoms with E-state index in [0.717, 1.165) is 37.3 Å². The van der Waals surface area contributed by atoms with Crippen molar-refractivity contribution in [3.8, 4) is 0 Å². The van der Waals surface area contributed by atoms with Crippen molar-refractivity contribution in [2.45, 2.75) is 44.7 Å². The van der Waals surface area contributed by atoms with Gasteiger partial charge in [0.15, 0.2) is 0 Å². The number of carbonyl (C=O) groups excluding carboxylic acids is 1. The number of aromatic nitrogens is 2. The number of pyridine rings is 2. The van der Waals surface area contributed by atoms with Crippen molar-refractivity contribution in [1.29, 1.82) is 0 Å². The van der Waals surface area contributed by atoms with Crippen molar-refractivity contribution in [1.82, 2.24) is 19.4 Å². The summed E-state index contributed by atoms with van der Waals surface area (Å²) in [6, 6.07) is 7.56. The molecule has 2 aromatic heterocycles. The molecule has 2 aromatic rings. The summed E-state index contributed by atoms with van der Waals surface area (Å²) in [6.45, 7) is 4.84. The molecule has 2 saturated heterocycles. The number of nitrogens with zero attached hydrogens (tertiary/aromatic N) is 4. The maximum absolute atomic E-state index is 13.2. The lowest BCUT2D eigenvalue weighted by Gasteiger charge is -2.43. The molecule has 2 atom stereocenters. The molecule has 2 fully saturated rings. The van der Waals surface area contributed by atoms with Crippen LogP contribution in [0.5, 0.6) is 0 Å². The Bertz CT molecular complexity index is 1010. The van der Waals surface area contributed by atoms with Gasteiger partial charge < -0.3 is 9.47 Å². The molecule has 3 aliphatic rings. The van der Waals surface area contributed by atoms with Gasteiger partial charge in [-0.15, -0.1) is 0 Å². The van der Waals surface area contributed by atoms with Crippen LogP contribution in [-0.2, 0) is 13.1 Å². The smallest absolute Gasteiger partial charge is 0.274 e. The molecule has 3 aliphatic heterocycles. The predicted molar refractivity (Wildman–Crippen MR) is 116 cm³/mol. The van der Waals surface area contributed by atoms with Crippen LogP contribution in [0.15, 0.2) is 35.3 Å². The number of rotatable bonds is 3. The molecule has 0 aliphatic carbocycles. The van der Waals surface area contributed by atoms with Crippen LogP contribution < -0.4 is 5.56 Å². The predicted octanol–water partition coefficient (Wildman–Crippen LogP) is 3.14. The Morgan fingerprint density at radius 3 is 2.73 bits per heavy atom. The zero-order valence-corrected chi connectivity index (χ0v) is 17.9. The van der Waals surface area contributed by atoms with Crippen LogP contribution in [0.3, 0.4) is 0 Å². The van der Waals surface area contributed by atoms with Crippen molar-refractivity contribution >= 4 is 17.5 Å². The van der Waals surface area contributed by atoms with E-state index < -0.39 is 0 Å². The van der Waals surface area contributed by atoms with Crippen LogP contribution in [0.2, 0.25) is 5.02 Å². The summed E-state index contributed by atoms with van der Waals surface area (Å²) >= 11 is 6.20. The van der Waals surface area contributed by atoms with E-state index in [1.807, 2.05) is 15.5 Å². The third kappa shape index (κ3) is 3.67. The molecule has 158 valence electrons. The van der Waals surface area contributed by atoms with Crippen LogP contribution in [0, 0.1) is 5.92 Å². The summed E-state index contributed by atoms with van der Waals surface area (Å²) in [5.41, 5.74) is 2.42. The summed E-state index contributed by atoms with van der Waals surface area (Å²) in [5.74, 6) is 0.346. The second-order valence-corrected chi connectivity index (χ2v) is 9.29. The number of piperidine rings is 2. The van der Waals surface area contributed by atoms with Gasteiger partial charge in [0.1, 0.15) is 5.69 Å². The van der Waals surface area contributed by atoms with Gasteiger partial charge in [0.05, 0.1) is 5.02 Å². The second-order valence-electron chi connectivity index (χ2n) is 8.88. The van der Waals surface area contributed by atoms with Crippen LogP contribution in [0.1, 0.15) is 53.3 Å². The summed E-state index contributed by atoms with van der Waals surface area (Å²) in [6.07, 6.45) is 6.36. The third-order valence-electron chi connectivity index (χ3n) is 6.77. The normalized spacial score (nSPS) is 23.8. The summed E-state index contributed by atoms with van der Waals surface area (Å²) < 4.78 is 1.98. The van der Waals surface area contributed by atoms with Gasteiger partial charge in [0.25, 0.3) is 11.5 Å². The van der Waals surface area contributed by atoms with E-state index in [-0.39, 0.29) is 23.3 Å². The van der Waals surface area contributed by atoms with E-state index in [4.69, 9.17) is 11.6 Å². The first-order valence-electron chi connectivity index (χ1n) is 10.9. The van der Waals surface area contributed by atoms with E-state index in [2.05, 4.69) is 16.0 Å². The largest absolute Gasteiger partial charge is 0.336 e. The van der Waals surface area contributed by atoms with Crippen LogP contribution in [0.4, 0.5) is 0 Å². The van der Waals surface area contributed by atoms with Gasteiger partial charge in [-0.2, -0.15) is 0 Å². The zero-order chi connectivity index (χ0) is 20.7. The van der Waals surface area contributed by atoms with Crippen LogP contribution in [-0.4, -0.2) is 51.4 Å². The van der Waals surface area contributed by atoms with Gasteiger partial charge >= 0.3 is 0 Å². The number of fused-ring (bicyclic) bond motifs is 4. The molecule has 0 N–H and O–H groups in total. The number of hydrogen-bond donors (Lipinski definition) is 0. The summed E-state index contributed by atoms with van der Waals surface area (Å²) in [5, 5.41) is 0.386. The van der Waals surface area contributed by atoms with Crippen LogP contribution >= 0.6 is 11.6 Å². The molecular formula is C23H27ClN4O2. The molecule has 0 unspecified atom stereocenters. The maximum Gasteiger partial charge on any atom is 0.274 e. The molecule has 1 amide bonds. The minimum absolute atomic E-state index is 0.118. The van der Waals surface area contributed by atoms with Crippen molar-refractivity contribution < 1.29 is 4.79 Å².